The number of hydrogen-bond acceptors (Lipinski definition) is 12. The van der Waals surface area contributed by atoms with Crippen molar-refractivity contribution in [3.8, 4) is 12.1 Å². The number of nitriles is 2. The van der Waals surface area contributed by atoms with Crippen molar-refractivity contribution in [2.45, 2.75) is 13.8 Å². The smallest absolute Gasteiger partial charge is 0.254 e. The van der Waals surface area contributed by atoms with Crippen LogP contribution < -0.4 is 37.3 Å². The van der Waals surface area contributed by atoms with Crippen molar-refractivity contribution in [1.82, 2.24) is 9.97 Å². The number of aromatic nitrogens is 2. The molecule has 15 heteroatoms. The molecule has 2 aromatic heterocycles. The van der Waals surface area contributed by atoms with Crippen LogP contribution in [0.5, 0.6) is 0 Å². The molecule has 31 heavy (non-hydrogen) atoms. The van der Waals surface area contributed by atoms with E-state index in [0.717, 1.165) is 21.8 Å². The third-order valence-electron chi connectivity index (χ3n) is 2.34. The van der Waals surface area contributed by atoms with Crippen molar-refractivity contribution < 1.29 is 78.8 Å². The van der Waals surface area contributed by atoms with Crippen LogP contribution in [0.3, 0.4) is 0 Å². The zero-order valence-corrected chi connectivity index (χ0v) is 19.5. The zero-order chi connectivity index (χ0) is 23.8. The summed E-state index contributed by atoms with van der Waals surface area (Å²) in [6, 6.07) is 15.6. The van der Waals surface area contributed by atoms with E-state index >= 15 is 0 Å². The molecule has 0 N–H and O–H groups in total. The first-order valence-corrected chi connectivity index (χ1v) is 9.69. The monoisotopic (exact) mass is 655 g/mol. The second-order valence-corrected chi connectivity index (χ2v) is 5.93. The Hall–Kier alpha value is -2.03. The van der Waals surface area contributed by atoms with Gasteiger partial charge in [0.05, 0.1) is 23.2 Å². The normalized spacial score (nSPS) is 9.29. The summed E-state index contributed by atoms with van der Waals surface area (Å²) in [5, 5.41) is 16.9. The summed E-state index contributed by atoms with van der Waals surface area (Å²) in [6.45, 7) is 2.86. The first-order valence-electron chi connectivity index (χ1n) is 7.22. The minimum absolute atomic E-state index is 0. The summed E-state index contributed by atoms with van der Waals surface area (Å²) in [5.41, 5.74) is 1.95. The fourth-order valence-electron chi connectivity index (χ4n) is 1.68. The summed E-state index contributed by atoms with van der Waals surface area (Å²) >= 11 is 0. The second kappa shape index (κ2) is 17.6. The van der Waals surface area contributed by atoms with Gasteiger partial charge in [-0.2, -0.15) is 10.5 Å². The van der Waals surface area contributed by atoms with Gasteiger partial charge in [0.15, 0.2) is 0 Å². The number of pyridine rings is 2. The molecule has 0 amide bonds. The fraction of sp³-hybridized carbons (Fsp3) is 0.125. The molecule has 0 aliphatic heterocycles. The van der Waals surface area contributed by atoms with E-state index in [9.17, 15) is 0 Å². The molecule has 0 unspecified atom stereocenters. The summed E-state index contributed by atoms with van der Waals surface area (Å²) in [5.74, 6) is 0. The molecule has 0 aliphatic rings. The molecule has 2 heterocycles. The maximum Gasteiger partial charge on any atom is 2.00 e. The number of fused-ring (bicyclic) bond motifs is 3. The van der Waals surface area contributed by atoms with Crippen LogP contribution in [-0.2, 0) is 21.1 Å². The first-order chi connectivity index (χ1) is 13.8. The van der Waals surface area contributed by atoms with Crippen molar-refractivity contribution in [3.05, 3.63) is 48.8 Å². The Morgan fingerprint density at radius 2 is 0.871 bits per heavy atom. The molecule has 0 aliphatic carbocycles. The Morgan fingerprint density at radius 3 is 1.10 bits per heavy atom. The predicted octanol–water partition coefficient (Wildman–Crippen LogP) is -5.67. The molecule has 0 radical (unpaired) electrons. The van der Waals surface area contributed by atoms with Crippen LogP contribution in [-0.4, -0.2) is 9.97 Å². The largest absolute Gasteiger partial charge is 2.00 e. The summed E-state index contributed by atoms with van der Waals surface area (Å²) in [4.78, 5) is 8.69. The molecule has 0 spiro atoms. The molecule has 3 rings (SSSR count). The molecule has 12 nitrogen and oxygen atoms in total. The molecule has 0 bridgehead atoms. The van der Waals surface area contributed by atoms with Crippen LogP contribution in [0.25, 0.3) is 21.8 Å². The van der Waals surface area contributed by atoms with Crippen molar-refractivity contribution in [2.24, 2.45) is 0 Å². The third-order valence-corrected chi connectivity index (χ3v) is 2.34. The fourth-order valence-corrected chi connectivity index (χ4v) is 1.68. The average Bonchev–Trinajstić information content (AvgIpc) is 2.60. The number of halogens is 2. The average molecular weight is 656 g/mol. The molecule has 0 atom stereocenters. The van der Waals surface area contributed by atoms with Crippen molar-refractivity contribution in [2.75, 3.05) is 0 Å². The zero-order valence-electron chi connectivity index (χ0n) is 15.7. The van der Waals surface area contributed by atoms with Gasteiger partial charge in [-0.05, 0) is 12.1 Å². The van der Waals surface area contributed by atoms with Gasteiger partial charge in [0, 0.05) is 37.0 Å². The van der Waals surface area contributed by atoms with Gasteiger partial charge >= 0.3 is 21.1 Å². The van der Waals surface area contributed by atoms with E-state index < -0.39 is 20.5 Å². The maximum absolute atomic E-state index is 8.49. The van der Waals surface area contributed by atoms with Gasteiger partial charge in [0.25, 0.3) is 0 Å². The van der Waals surface area contributed by atoms with Gasteiger partial charge in [-0.3, -0.25) is 9.97 Å². The van der Waals surface area contributed by atoms with Gasteiger partial charge < -0.3 is 0 Å². The van der Waals surface area contributed by atoms with Crippen LogP contribution in [0.15, 0.2) is 48.8 Å². The number of rotatable bonds is 0. The Kier molecular flexibility index (Phi) is 19.1. The molecule has 0 saturated carbocycles. The van der Waals surface area contributed by atoms with Gasteiger partial charge in [-0.1, -0.05) is 24.3 Å². The van der Waals surface area contributed by atoms with E-state index in [4.69, 9.17) is 47.8 Å². The first kappa shape index (κ1) is 33.6. The molecular weight excluding hydrogens is 642 g/mol. The van der Waals surface area contributed by atoms with E-state index in [0.29, 0.717) is 0 Å². The van der Waals surface area contributed by atoms with Crippen molar-refractivity contribution >= 4 is 21.8 Å². The van der Waals surface area contributed by atoms with E-state index in [1.165, 1.54) is 13.8 Å². The third kappa shape index (κ3) is 22.5. The molecule has 1 aromatic carbocycles. The minimum Gasteiger partial charge on any atom is -0.254 e. The molecule has 170 valence electrons. The van der Waals surface area contributed by atoms with Crippen LogP contribution in [0.2, 0.25) is 0 Å². The Bertz CT molecular complexity index is 881. The topological polar surface area (TPSA) is 258 Å². The summed E-state index contributed by atoms with van der Waals surface area (Å²) in [7, 11) is -9.89. The number of hydrogen-bond donors (Lipinski definition) is 0. The van der Waals surface area contributed by atoms with Gasteiger partial charge in [0.1, 0.15) is 0 Å². The molecule has 3 aromatic rings. The molecule has 0 fully saturated rings. The minimum atomic E-state index is -4.94. The van der Waals surface area contributed by atoms with Gasteiger partial charge in [0.2, 0.25) is 0 Å². The van der Waals surface area contributed by atoms with Crippen LogP contribution in [0.1, 0.15) is 13.8 Å². The summed E-state index contributed by atoms with van der Waals surface area (Å²) < 4.78 is 67.9. The quantitative estimate of drug-likeness (QED) is 0.205. The van der Waals surface area contributed by atoms with Crippen molar-refractivity contribution in [3.63, 3.8) is 0 Å². The Labute approximate surface area is 195 Å². The van der Waals surface area contributed by atoms with E-state index in [1.807, 2.05) is 12.1 Å². The maximum atomic E-state index is 8.49. The van der Waals surface area contributed by atoms with E-state index in [1.54, 1.807) is 24.5 Å². The number of benzene rings is 1. The Morgan fingerprint density at radius 1 is 0.645 bits per heavy atom. The molecular formula is C16H14Cl2N4O8Pt. The van der Waals surface area contributed by atoms with E-state index in [-0.39, 0.29) is 21.1 Å². The van der Waals surface area contributed by atoms with Gasteiger partial charge in [-0.25, -0.2) is 37.3 Å². The van der Waals surface area contributed by atoms with Crippen molar-refractivity contribution in [1.29, 1.82) is 10.5 Å². The second-order valence-electron chi connectivity index (χ2n) is 4.42. The van der Waals surface area contributed by atoms with Crippen LogP contribution in [0, 0.1) is 43.1 Å². The van der Waals surface area contributed by atoms with Crippen LogP contribution in [0.4, 0.5) is 0 Å². The predicted molar refractivity (Wildman–Crippen MR) is 79.6 cm³/mol. The SMILES string of the molecule is CC#N.CC#N.[O-][Cl+3]([O-])([O-])[O-].[O-][Cl+3]([O-])([O-])[O-].[Pt+2].c1cnc2c(c1)ccc1cccnc12. The van der Waals surface area contributed by atoms with Gasteiger partial charge in [-0.15, -0.1) is 20.5 Å². The standard InChI is InChI=1S/C12H8N2.2C2H3N.2ClHO4.Pt/c1-3-9-5-6-10-4-2-8-14-12(10)11(9)13-7-1;2*1-2-3;2*2-1(3,4)5;/h1-8H;2*1H3;2*(H,2,3,4,5);/q;;;;;+2/p-2. The van der Waals surface area contributed by atoms with E-state index in [2.05, 4.69) is 34.2 Å². The Balaban J connectivity index is -0.000000390. The summed E-state index contributed by atoms with van der Waals surface area (Å²) in [6.07, 6.45) is 3.60. The van der Waals surface area contributed by atoms with Crippen LogP contribution >= 0.6 is 0 Å². The number of nitrogens with zero attached hydrogens (tertiary/aromatic N) is 4. The molecule has 0 saturated heterocycles.